The summed E-state index contributed by atoms with van der Waals surface area (Å²) >= 11 is 11.9. The van der Waals surface area contributed by atoms with Crippen LogP contribution in [-0.2, 0) is 4.79 Å². The van der Waals surface area contributed by atoms with Crippen LogP contribution in [0.2, 0.25) is 10.0 Å². The maximum Gasteiger partial charge on any atom is 0.231 e. The zero-order valence-corrected chi connectivity index (χ0v) is 12.9. The van der Waals surface area contributed by atoms with Gasteiger partial charge in [-0.15, -0.1) is 0 Å². The molecule has 0 unspecified atom stereocenters. The van der Waals surface area contributed by atoms with Crippen molar-refractivity contribution < 1.29 is 9.32 Å². The molecule has 1 aromatic carbocycles. The summed E-state index contributed by atoms with van der Waals surface area (Å²) in [6, 6.07) is 5.19. The number of hydrogen-bond acceptors (Lipinski definition) is 4. The Bertz CT molecular complexity index is 687. The van der Waals surface area contributed by atoms with Gasteiger partial charge in [-0.2, -0.15) is 4.98 Å². The average molecular weight is 326 g/mol. The van der Waals surface area contributed by atoms with Crippen molar-refractivity contribution in [1.29, 1.82) is 0 Å². The maximum absolute atomic E-state index is 11.4. The van der Waals surface area contributed by atoms with Crippen molar-refractivity contribution in [2.45, 2.75) is 19.3 Å². The van der Waals surface area contributed by atoms with E-state index in [1.165, 1.54) is 0 Å². The summed E-state index contributed by atoms with van der Waals surface area (Å²) in [7, 11) is 0. The van der Waals surface area contributed by atoms with E-state index in [2.05, 4.69) is 10.1 Å². The van der Waals surface area contributed by atoms with Crippen LogP contribution in [0, 0.1) is 0 Å². The summed E-state index contributed by atoms with van der Waals surface area (Å²) in [5, 5.41) is 4.91. The Morgan fingerprint density at radius 2 is 2.19 bits per heavy atom. The SMILES string of the molecule is CC(=O)N1CC[C@@H](c2nc(-c3ccc(Cl)c(Cl)c3)no2)C1. The second-order valence-electron chi connectivity index (χ2n) is 5.04. The summed E-state index contributed by atoms with van der Waals surface area (Å²) < 4.78 is 5.33. The van der Waals surface area contributed by atoms with Gasteiger partial charge in [0.15, 0.2) is 0 Å². The molecule has 0 saturated carbocycles. The van der Waals surface area contributed by atoms with E-state index in [0.717, 1.165) is 18.5 Å². The van der Waals surface area contributed by atoms with Gasteiger partial charge in [-0.25, -0.2) is 0 Å². The van der Waals surface area contributed by atoms with Crippen LogP contribution in [0.4, 0.5) is 0 Å². The van der Waals surface area contributed by atoms with Crippen LogP contribution in [-0.4, -0.2) is 34.0 Å². The third kappa shape index (κ3) is 2.89. The minimum atomic E-state index is 0.0710. The number of nitrogens with zero attached hydrogens (tertiary/aromatic N) is 3. The van der Waals surface area contributed by atoms with E-state index in [0.29, 0.717) is 28.3 Å². The van der Waals surface area contributed by atoms with Crippen molar-refractivity contribution in [2.24, 2.45) is 0 Å². The fraction of sp³-hybridized carbons (Fsp3) is 0.357. The molecule has 1 amide bonds. The van der Waals surface area contributed by atoms with Crippen molar-refractivity contribution in [3.05, 3.63) is 34.1 Å². The molecule has 1 fully saturated rings. The van der Waals surface area contributed by atoms with E-state index < -0.39 is 0 Å². The second kappa shape index (κ2) is 5.66. The highest BCUT2D eigenvalue weighted by atomic mass is 35.5. The Balaban J connectivity index is 1.80. The molecule has 7 heteroatoms. The van der Waals surface area contributed by atoms with E-state index in [9.17, 15) is 4.79 Å². The van der Waals surface area contributed by atoms with E-state index in [1.807, 2.05) is 0 Å². The molecule has 3 rings (SSSR count). The van der Waals surface area contributed by atoms with Gasteiger partial charge in [-0.1, -0.05) is 28.4 Å². The largest absolute Gasteiger partial charge is 0.342 e. The Kier molecular flexibility index (Phi) is 3.87. The molecule has 5 nitrogen and oxygen atoms in total. The molecular weight excluding hydrogens is 313 g/mol. The van der Waals surface area contributed by atoms with Crippen LogP contribution in [0.3, 0.4) is 0 Å². The molecule has 2 heterocycles. The Labute approximate surface area is 131 Å². The first-order valence-electron chi connectivity index (χ1n) is 6.59. The maximum atomic E-state index is 11.4. The van der Waals surface area contributed by atoms with Gasteiger partial charge >= 0.3 is 0 Å². The number of hydrogen-bond donors (Lipinski definition) is 0. The molecule has 110 valence electrons. The minimum absolute atomic E-state index is 0.0710. The molecule has 0 N–H and O–H groups in total. The smallest absolute Gasteiger partial charge is 0.231 e. The average Bonchev–Trinajstić information content (AvgIpc) is 3.09. The molecule has 0 spiro atoms. The quantitative estimate of drug-likeness (QED) is 0.849. The fourth-order valence-electron chi connectivity index (χ4n) is 2.40. The molecule has 0 bridgehead atoms. The molecule has 1 saturated heterocycles. The highest BCUT2D eigenvalue weighted by Gasteiger charge is 2.29. The predicted octanol–water partition coefficient (Wildman–Crippen LogP) is 3.38. The second-order valence-corrected chi connectivity index (χ2v) is 5.85. The van der Waals surface area contributed by atoms with E-state index >= 15 is 0 Å². The van der Waals surface area contributed by atoms with Crippen molar-refractivity contribution in [2.75, 3.05) is 13.1 Å². The zero-order chi connectivity index (χ0) is 15.0. The number of carbonyl (C=O) groups is 1. The Hall–Kier alpha value is -1.59. The Morgan fingerprint density at radius 3 is 2.86 bits per heavy atom. The van der Waals surface area contributed by atoms with Gasteiger partial charge in [0.05, 0.1) is 16.0 Å². The van der Waals surface area contributed by atoms with E-state index in [-0.39, 0.29) is 11.8 Å². The minimum Gasteiger partial charge on any atom is -0.342 e. The van der Waals surface area contributed by atoms with Crippen LogP contribution < -0.4 is 0 Å². The fourth-order valence-corrected chi connectivity index (χ4v) is 2.70. The van der Waals surface area contributed by atoms with Gasteiger partial charge < -0.3 is 9.42 Å². The van der Waals surface area contributed by atoms with Crippen molar-refractivity contribution in [3.63, 3.8) is 0 Å². The monoisotopic (exact) mass is 325 g/mol. The highest BCUT2D eigenvalue weighted by Crippen LogP contribution is 2.30. The third-order valence-corrected chi connectivity index (χ3v) is 4.34. The molecule has 21 heavy (non-hydrogen) atoms. The van der Waals surface area contributed by atoms with Gasteiger partial charge in [0.1, 0.15) is 0 Å². The topological polar surface area (TPSA) is 59.2 Å². The van der Waals surface area contributed by atoms with Crippen LogP contribution in [0.5, 0.6) is 0 Å². The predicted molar refractivity (Wildman–Crippen MR) is 79.4 cm³/mol. The van der Waals surface area contributed by atoms with Crippen molar-refractivity contribution in [3.8, 4) is 11.4 Å². The zero-order valence-electron chi connectivity index (χ0n) is 11.3. The third-order valence-electron chi connectivity index (χ3n) is 3.60. The first-order chi connectivity index (χ1) is 10.0. The lowest BCUT2D eigenvalue weighted by molar-refractivity contribution is -0.127. The number of likely N-dealkylation sites (tertiary alicyclic amines) is 1. The van der Waals surface area contributed by atoms with Gasteiger partial charge in [-0.05, 0) is 24.6 Å². The highest BCUT2D eigenvalue weighted by molar-refractivity contribution is 6.42. The first kappa shape index (κ1) is 14.4. The summed E-state index contributed by atoms with van der Waals surface area (Å²) in [6.45, 7) is 2.92. The number of rotatable bonds is 2. The molecule has 1 aromatic heterocycles. The normalized spacial score (nSPS) is 18.2. The van der Waals surface area contributed by atoms with Gasteiger partial charge in [-0.3, -0.25) is 4.79 Å². The lowest BCUT2D eigenvalue weighted by Gasteiger charge is -2.11. The van der Waals surface area contributed by atoms with Crippen LogP contribution >= 0.6 is 23.2 Å². The van der Waals surface area contributed by atoms with Crippen LogP contribution in [0.1, 0.15) is 25.2 Å². The van der Waals surface area contributed by atoms with Gasteiger partial charge in [0.25, 0.3) is 0 Å². The van der Waals surface area contributed by atoms with Gasteiger partial charge in [0, 0.05) is 25.6 Å². The van der Waals surface area contributed by atoms with Crippen molar-refractivity contribution in [1.82, 2.24) is 15.0 Å². The van der Waals surface area contributed by atoms with E-state index in [1.54, 1.807) is 30.0 Å². The molecule has 1 aliphatic rings. The number of benzene rings is 1. The molecule has 1 atom stereocenters. The first-order valence-corrected chi connectivity index (χ1v) is 7.34. The van der Waals surface area contributed by atoms with Crippen LogP contribution in [0.15, 0.2) is 22.7 Å². The van der Waals surface area contributed by atoms with Crippen LogP contribution in [0.25, 0.3) is 11.4 Å². The lowest BCUT2D eigenvalue weighted by Crippen LogP contribution is -2.25. The van der Waals surface area contributed by atoms with Crippen molar-refractivity contribution >= 4 is 29.1 Å². The molecular formula is C14H13Cl2N3O2. The summed E-state index contributed by atoms with van der Waals surface area (Å²) in [4.78, 5) is 17.5. The number of carbonyl (C=O) groups excluding carboxylic acids is 1. The summed E-state index contributed by atoms with van der Waals surface area (Å²) in [6.07, 6.45) is 0.836. The number of aromatic nitrogens is 2. The van der Waals surface area contributed by atoms with E-state index in [4.69, 9.17) is 27.7 Å². The van der Waals surface area contributed by atoms with Gasteiger partial charge in [0.2, 0.25) is 17.6 Å². The number of halogens is 2. The molecule has 0 radical (unpaired) electrons. The Morgan fingerprint density at radius 1 is 1.38 bits per heavy atom. The molecule has 1 aliphatic heterocycles. The lowest BCUT2D eigenvalue weighted by atomic mass is 10.1. The summed E-state index contributed by atoms with van der Waals surface area (Å²) in [5.74, 6) is 1.20. The summed E-state index contributed by atoms with van der Waals surface area (Å²) in [5.41, 5.74) is 0.751. The molecule has 0 aliphatic carbocycles. The number of amides is 1. The standard InChI is InChI=1S/C14H13Cl2N3O2/c1-8(20)19-5-4-10(7-19)14-17-13(18-21-14)9-2-3-11(15)12(16)6-9/h2-3,6,10H,4-5,7H2,1H3/t10-/m1/s1. The molecule has 2 aromatic rings.